The molecule has 0 spiro atoms. The molecule has 0 bridgehead atoms. The molecule has 0 fully saturated rings. The number of hydrogen-bond donors (Lipinski definition) is 2. The van der Waals surface area contributed by atoms with Gasteiger partial charge in [-0.1, -0.05) is 28.1 Å². The molecule has 2 N–H and O–H groups in total. The number of nitrogens with one attached hydrogen (secondary N) is 2. The van der Waals surface area contributed by atoms with Crippen molar-refractivity contribution in [3.05, 3.63) is 87.9 Å². The highest BCUT2D eigenvalue weighted by Crippen LogP contribution is 2.22. The van der Waals surface area contributed by atoms with Gasteiger partial charge in [0, 0.05) is 21.4 Å². The van der Waals surface area contributed by atoms with E-state index >= 15 is 0 Å². The van der Waals surface area contributed by atoms with E-state index in [0.717, 1.165) is 4.47 Å². The first kappa shape index (κ1) is 21.5. The van der Waals surface area contributed by atoms with Gasteiger partial charge >= 0.3 is 0 Å². The number of anilines is 2. The Morgan fingerprint density at radius 2 is 1.43 bits per heavy atom. The predicted molar refractivity (Wildman–Crippen MR) is 115 cm³/mol. The maximum absolute atomic E-state index is 12.7. The summed E-state index contributed by atoms with van der Waals surface area (Å²) >= 11 is 3.29. The van der Waals surface area contributed by atoms with Gasteiger partial charge in [0.1, 0.15) is 0 Å². The third-order valence-corrected chi connectivity index (χ3v) is 6.27. The number of benzene rings is 3. The second kappa shape index (κ2) is 8.68. The van der Waals surface area contributed by atoms with E-state index in [1.807, 2.05) is 0 Å². The summed E-state index contributed by atoms with van der Waals surface area (Å²) in [4.78, 5) is 23.3. The Kier molecular flexibility index (Phi) is 6.23. The Hall–Kier alpha value is -3.17. The van der Waals surface area contributed by atoms with Crippen LogP contribution in [-0.4, -0.2) is 20.3 Å². The fourth-order valence-corrected chi connectivity index (χ4v) is 4.26. The number of halogens is 1. The topological polar surface area (TPSA) is 115 Å². The number of hydrogen-bond acceptors (Lipinski definition) is 5. The lowest BCUT2D eigenvalue weighted by Gasteiger charge is -2.12. The summed E-state index contributed by atoms with van der Waals surface area (Å²) in [5, 5.41) is 13.4. The summed E-state index contributed by atoms with van der Waals surface area (Å²) in [7, 11) is -3.83. The van der Waals surface area contributed by atoms with Crippen molar-refractivity contribution in [3.8, 4) is 0 Å². The summed E-state index contributed by atoms with van der Waals surface area (Å²) in [6.07, 6.45) is 0. The number of aromatic carboxylic acids is 1. The Morgan fingerprint density at radius 3 is 2.00 bits per heavy atom. The minimum Gasteiger partial charge on any atom is -0.545 e. The number of carboxylic acids is 1. The molecule has 1 amide bonds. The van der Waals surface area contributed by atoms with E-state index in [4.69, 9.17) is 0 Å². The largest absolute Gasteiger partial charge is 0.545 e. The Labute approximate surface area is 181 Å². The highest BCUT2D eigenvalue weighted by atomic mass is 79.9. The fraction of sp³-hybridized carbons (Fsp3) is 0.0476. The van der Waals surface area contributed by atoms with Gasteiger partial charge in [-0.05, 0) is 72.6 Å². The normalized spacial score (nSPS) is 11.0. The van der Waals surface area contributed by atoms with E-state index in [2.05, 4.69) is 26.0 Å². The molecule has 3 rings (SSSR count). The van der Waals surface area contributed by atoms with Crippen LogP contribution >= 0.6 is 15.9 Å². The van der Waals surface area contributed by atoms with Crippen LogP contribution in [0, 0.1) is 6.92 Å². The van der Waals surface area contributed by atoms with Gasteiger partial charge in [-0.2, -0.15) is 0 Å². The molecule has 9 heteroatoms. The van der Waals surface area contributed by atoms with Crippen molar-refractivity contribution >= 4 is 49.2 Å². The van der Waals surface area contributed by atoms with Crippen LogP contribution in [-0.2, 0) is 10.0 Å². The SMILES string of the molecule is Cc1cc(C(=O)Nc2ccc(C(=O)[O-])cc2)ccc1S(=O)(=O)Nc1ccc(Br)cc1. The molecule has 0 radical (unpaired) electrons. The zero-order chi connectivity index (χ0) is 21.9. The van der Waals surface area contributed by atoms with Crippen LogP contribution in [0.4, 0.5) is 11.4 Å². The zero-order valence-corrected chi connectivity index (χ0v) is 18.1. The fourth-order valence-electron chi connectivity index (χ4n) is 2.71. The molecule has 0 aliphatic heterocycles. The van der Waals surface area contributed by atoms with E-state index in [0.29, 0.717) is 16.9 Å². The average molecular weight is 488 g/mol. The highest BCUT2D eigenvalue weighted by Gasteiger charge is 2.18. The molecule has 0 unspecified atom stereocenters. The van der Waals surface area contributed by atoms with Gasteiger partial charge in [-0.25, -0.2) is 8.42 Å². The first-order valence-corrected chi connectivity index (χ1v) is 10.9. The lowest BCUT2D eigenvalue weighted by atomic mass is 10.1. The molecule has 7 nitrogen and oxygen atoms in total. The van der Waals surface area contributed by atoms with Crippen molar-refractivity contribution in [1.29, 1.82) is 0 Å². The molecular weight excluding hydrogens is 472 g/mol. The Balaban J connectivity index is 1.77. The molecular formula is C21H16BrN2O5S-. The minimum absolute atomic E-state index is 0.00308. The van der Waals surface area contributed by atoms with Gasteiger partial charge in [0.05, 0.1) is 10.9 Å². The van der Waals surface area contributed by atoms with Crippen LogP contribution in [0.1, 0.15) is 26.3 Å². The van der Waals surface area contributed by atoms with Crippen molar-refractivity contribution in [2.45, 2.75) is 11.8 Å². The minimum atomic E-state index is -3.83. The maximum atomic E-state index is 12.7. The molecule has 0 saturated heterocycles. The summed E-state index contributed by atoms with van der Waals surface area (Å²) in [6.45, 7) is 1.60. The molecule has 0 aliphatic rings. The second-order valence-corrected chi connectivity index (χ2v) is 8.98. The lowest BCUT2D eigenvalue weighted by Crippen LogP contribution is -2.22. The zero-order valence-electron chi connectivity index (χ0n) is 15.7. The molecule has 0 saturated carbocycles. The van der Waals surface area contributed by atoms with Crippen molar-refractivity contribution in [3.63, 3.8) is 0 Å². The maximum Gasteiger partial charge on any atom is 0.262 e. The van der Waals surface area contributed by atoms with E-state index in [9.17, 15) is 23.1 Å². The van der Waals surface area contributed by atoms with Gasteiger partial charge in [0.15, 0.2) is 0 Å². The molecule has 0 heterocycles. The quantitative estimate of drug-likeness (QED) is 0.553. The number of aryl methyl sites for hydroxylation is 1. The summed E-state index contributed by atoms with van der Waals surface area (Å²) in [5.41, 5.74) is 1.48. The second-order valence-electron chi connectivity index (χ2n) is 6.41. The molecule has 0 atom stereocenters. The first-order chi connectivity index (χ1) is 14.2. The van der Waals surface area contributed by atoms with Crippen LogP contribution in [0.5, 0.6) is 0 Å². The van der Waals surface area contributed by atoms with E-state index in [1.165, 1.54) is 42.5 Å². The van der Waals surface area contributed by atoms with Gasteiger partial charge in [-0.3, -0.25) is 9.52 Å². The summed E-state index contributed by atoms with van der Waals surface area (Å²) < 4.78 is 28.7. The lowest BCUT2D eigenvalue weighted by molar-refractivity contribution is -0.255. The summed E-state index contributed by atoms with van der Waals surface area (Å²) in [5.74, 6) is -1.76. The number of amides is 1. The number of rotatable bonds is 6. The monoisotopic (exact) mass is 487 g/mol. The van der Waals surface area contributed by atoms with Crippen LogP contribution in [0.3, 0.4) is 0 Å². The number of carboxylic acid groups (broad SMARTS) is 1. The number of carbonyl (C=O) groups is 2. The van der Waals surface area contributed by atoms with Crippen molar-refractivity contribution < 1.29 is 23.1 Å². The van der Waals surface area contributed by atoms with Gasteiger partial charge in [0.25, 0.3) is 15.9 Å². The van der Waals surface area contributed by atoms with Crippen LogP contribution in [0.15, 0.2) is 76.1 Å². The molecule has 3 aromatic rings. The molecule has 0 aromatic heterocycles. The predicted octanol–water partition coefficient (Wildman–Crippen LogP) is 3.17. The van der Waals surface area contributed by atoms with E-state index in [-0.39, 0.29) is 16.0 Å². The Bertz CT molecular complexity index is 1210. The van der Waals surface area contributed by atoms with E-state index < -0.39 is 21.9 Å². The van der Waals surface area contributed by atoms with Crippen molar-refractivity contribution in [2.75, 3.05) is 10.0 Å². The number of sulfonamides is 1. The van der Waals surface area contributed by atoms with Gasteiger partial charge in [0.2, 0.25) is 0 Å². The van der Waals surface area contributed by atoms with Crippen molar-refractivity contribution in [1.82, 2.24) is 0 Å². The number of carbonyl (C=O) groups excluding carboxylic acids is 2. The Morgan fingerprint density at radius 1 is 0.867 bits per heavy atom. The standard InChI is InChI=1S/C21H17BrN2O5S/c1-13-12-15(20(25)23-17-7-2-14(3-8-17)21(26)27)4-11-19(13)30(28,29)24-18-9-5-16(22)6-10-18/h2-12,24H,1H3,(H,23,25)(H,26,27)/p-1. The molecule has 3 aromatic carbocycles. The van der Waals surface area contributed by atoms with Gasteiger partial charge in [-0.15, -0.1) is 0 Å². The third-order valence-electron chi connectivity index (χ3n) is 4.20. The molecule has 30 heavy (non-hydrogen) atoms. The average Bonchev–Trinajstić information content (AvgIpc) is 2.69. The third kappa shape index (κ3) is 5.05. The van der Waals surface area contributed by atoms with E-state index in [1.54, 1.807) is 31.2 Å². The highest BCUT2D eigenvalue weighted by molar-refractivity contribution is 9.10. The van der Waals surface area contributed by atoms with Crippen molar-refractivity contribution in [2.24, 2.45) is 0 Å². The van der Waals surface area contributed by atoms with Crippen LogP contribution < -0.4 is 15.1 Å². The smallest absolute Gasteiger partial charge is 0.262 e. The van der Waals surface area contributed by atoms with Crippen LogP contribution in [0.2, 0.25) is 0 Å². The molecule has 0 aliphatic carbocycles. The first-order valence-electron chi connectivity index (χ1n) is 8.67. The molecule has 154 valence electrons. The summed E-state index contributed by atoms with van der Waals surface area (Å²) in [6, 6.07) is 16.5. The van der Waals surface area contributed by atoms with Crippen LogP contribution in [0.25, 0.3) is 0 Å². The van der Waals surface area contributed by atoms with Gasteiger partial charge < -0.3 is 15.2 Å².